The standard InChI is InChI=1S/C17H21ClN4OS/c1-11-7-12(2)9-22(8-11)10-15-20-21-17(24-15)16(23)19-14-5-3-13(18)4-6-14/h3-6,11-12H,7-10H2,1-2H3,(H,19,23). The van der Waals surface area contributed by atoms with Gasteiger partial charge in [-0.15, -0.1) is 10.2 Å². The number of nitrogens with one attached hydrogen (secondary N) is 1. The molecule has 0 radical (unpaired) electrons. The van der Waals surface area contributed by atoms with Crippen LogP contribution in [-0.4, -0.2) is 34.1 Å². The fourth-order valence-corrected chi connectivity index (χ4v) is 4.14. The average Bonchev–Trinajstić information content (AvgIpc) is 2.97. The summed E-state index contributed by atoms with van der Waals surface area (Å²) in [4.78, 5) is 14.7. The second kappa shape index (κ2) is 7.59. The van der Waals surface area contributed by atoms with Crippen molar-refractivity contribution in [2.24, 2.45) is 11.8 Å². The molecule has 2 unspecified atom stereocenters. The second-order valence-corrected chi connectivity index (χ2v) is 8.10. The van der Waals surface area contributed by atoms with Crippen LogP contribution in [0.5, 0.6) is 0 Å². The molecule has 3 rings (SSSR count). The van der Waals surface area contributed by atoms with E-state index in [4.69, 9.17) is 11.6 Å². The molecule has 1 amide bonds. The minimum absolute atomic E-state index is 0.235. The molecule has 2 aromatic rings. The number of anilines is 1. The first-order valence-corrected chi connectivity index (χ1v) is 9.30. The van der Waals surface area contributed by atoms with Gasteiger partial charge in [0.1, 0.15) is 5.01 Å². The molecule has 1 aromatic heterocycles. The zero-order chi connectivity index (χ0) is 17.1. The SMILES string of the molecule is CC1CC(C)CN(Cc2nnc(C(=O)Nc3ccc(Cl)cc3)s2)C1. The fraction of sp³-hybridized carbons (Fsp3) is 0.471. The maximum atomic E-state index is 12.3. The molecule has 1 saturated heterocycles. The molecule has 1 fully saturated rings. The van der Waals surface area contributed by atoms with E-state index in [9.17, 15) is 4.79 Å². The van der Waals surface area contributed by atoms with Gasteiger partial charge in [-0.2, -0.15) is 0 Å². The van der Waals surface area contributed by atoms with Crippen LogP contribution in [0.4, 0.5) is 5.69 Å². The molecule has 1 N–H and O–H groups in total. The summed E-state index contributed by atoms with van der Waals surface area (Å²) in [7, 11) is 0. The maximum Gasteiger partial charge on any atom is 0.286 e. The molecule has 5 nitrogen and oxygen atoms in total. The number of piperidine rings is 1. The number of aromatic nitrogens is 2. The predicted octanol–water partition coefficient (Wildman–Crippen LogP) is 3.92. The van der Waals surface area contributed by atoms with E-state index >= 15 is 0 Å². The van der Waals surface area contributed by atoms with Crippen LogP contribution in [0.3, 0.4) is 0 Å². The lowest BCUT2D eigenvalue weighted by Crippen LogP contribution is -2.38. The lowest BCUT2D eigenvalue weighted by molar-refractivity contribution is 0.102. The van der Waals surface area contributed by atoms with E-state index in [0.717, 1.165) is 24.6 Å². The quantitative estimate of drug-likeness (QED) is 0.893. The molecular weight excluding hydrogens is 344 g/mol. The highest BCUT2D eigenvalue weighted by molar-refractivity contribution is 7.13. The smallest absolute Gasteiger partial charge is 0.286 e. The van der Waals surface area contributed by atoms with Gasteiger partial charge in [0.25, 0.3) is 5.91 Å². The molecule has 0 spiro atoms. The Morgan fingerprint density at radius 3 is 2.58 bits per heavy atom. The number of carbonyl (C=O) groups excluding carboxylic acids is 1. The Hall–Kier alpha value is -1.50. The largest absolute Gasteiger partial charge is 0.320 e. The second-order valence-electron chi connectivity index (χ2n) is 6.60. The highest BCUT2D eigenvalue weighted by Gasteiger charge is 2.23. The van der Waals surface area contributed by atoms with Crippen LogP contribution in [0.15, 0.2) is 24.3 Å². The summed E-state index contributed by atoms with van der Waals surface area (Å²) < 4.78 is 0. The van der Waals surface area contributed by atoms with Crippen molar-refractivity contribution < 1.29 is 4.79 Å². The molecule has 24 heavy (non-hydrogen) atoms. The Balaban J connectivity index is 1.60. The number of benzene rings is 1. The van der Waals surface area contributed by atoms with E-state index < -0.39 is 0 Å². The van der Waals surface area contributed by atoms with Crippen LogP contribution in [0.2, 0.25) is 5.02 Å². The molecule has 1 aromatic carbocycles. The van der Waals surface area contributed by atoms with Gasteiger partial charge in [-0.25, -0.2) is 0 Å². The molecule has 1 aliphatic heterocycles. The first-order valence-electron chi connectivity index (χ1n) is 8.11. The molecule has 0 bridgehead atoms. The van der Waals surface area contributed by atoms with Crippen molar-refractivity contribution in [1.82, 2.24) is 15.1 Å². The van der Waals surface area contributed by atoms with Crippen molar-refractivity contribution in [2.45, 2.75) is 26.8 Å². The summed E-state index contributed by atoms with van der Waals surface area (Å²) in [5.41, 5.74) is 0.694. The number of amides is 1. The van der Waals surface area contributed by atoms with Gasteiger partial charge in [-0.05, 0) is 42.5 Å². The first-order chi connectivity index (χ1) is 11.5. The molecule has 7 heteroatoms. The van der Waals surface area contributed by atoms with E-state index in [-0.39, 0.29) is 5.91 Å². The van der Waals surface area contributed by atoms with Gasteiger partial charge >= 0.3 is 0 Å². The van der Waals surface area contributed by atoms with Crippen LogP contribution in [0, 0.1) is 11.8 Å². The van der Waals surface area contributed by atoms with Gasteiger partial charge in [0.05, 0.1) is 6.54 Å². The molecule has 0 saturated carbocycles. The van der Waals surface area contributed by atoms with Crippen molar-refractivity contribution >= 4 is 34.5 Å². The van der Waals surface area contributed by atoms with Crippen molar-refractivity contribution in [2.75, 3.05) is 18.4 Å². The van der Waals surface area contributed by atoms with Gasteiger partial charge in [0.15, 0.2) is 0 Å². The van der Waals surface area contributed by atoms with Crippen molar-refractivity contribution in [3.63, 3.8) is 0 Å². The van der Waals surface area contributed by atoms with Crippen molar-refractivity contribution in [3.8, 4) is 0 Å². The van der Waals surface area contributed by atoms with Gasteiger partial charge < -0.3 is 5.32 Å². The zero-order valence-corrected chi connectivity index (χ0v) is 15.4. The molecule has 2 heterocycles. The summed E-state index contributed by atoms with van der Waals surface area (Å²) >= 11 is 7.20. The van der Waals surface area contributed by atoms with E-state index in [1.165, 1.54) is 17.8 Å². The van der Waals surface area contributed by atoms with Gasteiger partial charge in [-0.3, -0.25) is 9.69 Å². The Morgan fingerprint density at radius 2 is 1.92 bits per heavy atom. The number of hydrogen-bond donors (Lipinski definition) is 1. The molecular formula is C17H21ClN4OS. The number of carbonyl (C=O) groups is 1. The van der Waals surface area contributed by atoms with Gasteiger partial charge in [-0.1, -0.05) is 36.8 Å². The lowest BCUT2D eigenvalue weighted by atomic mass is 9.92. The maximum absolute atomic E-state index is 12.3. The highest BCUT2D eigenvalue weighted by Crippen LogP contribution is 2.23. The topological polar surface area (TPSA) is 58.1 Å². The van der Waals surface area contributed by atoms with Gasteiger partial charge in [0, 0.05) is 23.8 Å². The molecule has 128 valence electrons. The number of halogens is 1. The Morgan fingerprint density at radius 1 is 1.25 bits per heavy atom. The normalized spacial score (nSPS) is 21.6. The third-order valence-electron chi connectivity index (χ3n) is 4.07. The average molecular weight is 365 g/mol. The fourth-order valence-electron chi connectivity index (χ4n) is 3.24. The predicted molar refractivity (Wildman–Crippen MR) is 97.5 cm³/mol. The number of nitrogens with zero attached hydrogens (tertiary/aromatic N) is 3. The third-order valence-corrected chi connectivity index (χ3v) is 5.23. The molecule has 2 atom stereocenters. The van der Waals surface area contributed by atoms with Crippen molar-refractivity contribution in [1.29, 1.82) is 0 Å². The van der Waals surface area contributed by atoms with E-state index in [1.807, 2.05) is 0 Å². The molecule has 1 aliphatic rings. The lowest BCUT2D eigenvalue weighted by Gasteiger charge is -2.34. The van der Waals surface area contributed by atoms with Gasteiger partial charge in [0.2, 0.25) is 5.01 Å². The summed E-state index contributed by atoms with van der Waals surface area (Å²) in [6.07, 6.45) is 1.28. The minimum atomic E-state index is -0.235. The number of likely N-dealkylation sites (tertiary alicyclic amines) is 1. The summed E-state index contributed by atoms with van der Waals surface area (Å²) in [5.74, 6) is 1.17. The number of hydrogen-bond acceptors (Lipinski definition) is 5. The van der Waals surface area contributed by atoms with Crippen LogP contribution in [-0.2, 0) is 6.54 Å². The van der Waals surface area contributed by atoms with Crippen LogP contribution >= 0.6 is 22.9 Å². The van der Waals surface area contributed by atoms with E-state index in [1.54, 1.807) is 24.3 Å². The Kier molecular flexibility index (Phi) is 5.48. The number of rotatable bonds is 4. The summed E-state index contributed by atoms with van der Waals surface area (Å²) in [5, 5.41) is 12.9. The summed E-state index contributed by atoms with van der Waals surface area (Å²) in [6, 6.07) is 7.00. The van der Waals surface area contributed by atoms with Crippen molar-refractivity contribution in [3.05, 3.63) is 39.3 Å². The summed E-state index contributed by atoms with van der Waals surface area (Å²) in [6.45, 7) is 7.49. The van der Waals surface area contributed by atoms with E-state index in [2.05, 4.69) is 34.3 Å². The zero-order valence-electron chi connectivity index (χ0n) is 13.8. The first kappa shape index (κ1) is 17.3. The third kappa shape index (κ3) is 4.53. The monoisotopic (exact) mass is 364 g/mol. The highest BCUT2D eigenvalue weighted by atomic mass is 35.5. The Bertz CT molecular complexity index is 693. The van der Waals surface area contributed by atoms with E-state index in [0.29, 0.717) is 27.6 Å². The van der Waals surface area contributed by atoms with Crippen LogP contribution in [0.1, 0.15) is 35.1 Å². The molecule has 0 aliphatic carbocycles. The minimum Gasteiger partial charge on any atom is -0.320 e. The Labute approximate surface area is 151 Å². The van der Waals surface area contributed by atoms with Crippen LogP contribution in [0.25, 0.3) is 0 Å². The van der Waals surface area contributed by atoms with Crippen LogP contribution < -0.4 is 5.32 Å².